The molecule has 4 nitrogen and oxygen atoms in total. The summed E-state index contributed by atoms with van der Waals surface area (Å²) >= 11 is 12.3. The molecule has 108 valence electrons. The number of benzene rings is 1. The minimum atomic E-state index is -3.41. The molecular formula is C13H14Cl2N2O2S. The number of aromatic nitrogens is 2. The quantitative estimate of drug-likeness (QED) is 0.867. The van der Waals surface area contributed by atoms with Crippen LogP contribution < -0.4 is 0 Å². The maximum Gasteiger partial charge on any atom is 0.251 e. The Balaban J connectivity index is 2.53. The topological polar surface area (TPSA) is 52.0 Å². The van der Waals surface area contributed by atoms with Crippen molar-refractivity contribution >= 4 is 33.2 Å². The molecule has 0 aliphatic rings. The van der Waals surface area contributed by atoms with Gasteiger partial charge in [-0.3, -0.25) is 0 Å². The summed E-state index contributed by atoms with van der Waals surface area (Å²) in [5, 5.41) is 5.20. The van der Waals surface area contributed by atoms with E-state index >= 15 is 0 Å². The third kappa shape index (κ3) is 2.85. The van der Waals surface area contributed by atoms with Crippen molar-refractivity contribution in [1.29, 1.82) is 0 Å². The number of rotatable bonds is 3. The van der Waals surface area contributed by atoms with Crippen molar-refractivity contribution in [3.8, 4) is 0 Å². The average Bonchev–Trinajstić information content (AvgIpc) is 2.60. The maximum absolute atomic E-state index is 11.7. The lowest BCUT2D eigenvalue weighted by molar-refractivity contribution is 0.584. The molecule has 0 saturated heterocycles. The highest BCUT2D eigenvalue weighted by Crippen LogP contribution is 2.29. The molecule has 7 heteroatoms. The molecule has 0 N–H and O–H groups in total. The van der Waals surface area contributed by atoms with Gasteiger partial charge in [-0.15, -0.1) is 0 Å². The van der Waals surface area contributed by atoms with Crippen molar-refractivity contribution in [2.45, 2.75) is 20.3 Å². The number of hydrogen-bond donors (Lipinski definition) is 0. The van der Waals surface area contributed by atoms with E-state index in [9.17, 15) is 8.42 Å². The molecule has 0 aliphatic heterocycles. The van der Waals surface area contributed by atoms with Crippen molar-refractivity contribution in [3.63, 3.8) is 0 Å². The lowest BCUT2D eigenvalue weighted by atomic mass is 10.0. The van der Waals surface area contributed by atoms with Gasteiger partial charge in [0.1, 0.15) is 0 Å². The first kappa shape index (κ1) is 15.4. The lowest BCUT2D eigenvalue weighted by Crippen LogP contribution is -2.13. The summed E-state index contributed by atoms with van der Waals surface area (Å²) in [6.07, 6.45) is 1.57. The summed E-state index contributed by atoms with van der Waals surface area (Å²) < 4.78 is 24.4. The van der Waals surface area contributed by atoms with Gasteiger partial charge in [-0.1, -0.05) is 29.3 Å². The summed E-state index contributed by atoms with van der Waals surface area (Å²) in [6.45, 7) is 3.50. The van der Waals surface area contributed by atoms with Gasteiger partial charge in [0.05, 0.1) is 17.6 Å². The van der Waals surface area contributed by atoms with Gasteiger partial charge in [-0.25, -0.2) is 8.42 Å². The van der Waals surface area contributed by atoms with Crippen LogP contribution in [0.4, 0.5) is 0 Å². The second kappa shape index (κ2) is 5.39. The Bertz CT molecular complexity index is 747. The van der Waals surface area contributed by atoms with Gasteiger partial charge in [0.15, 0.2) is 0 Å². The average molecular weight is 333 g/mol. The van der Waals surface area contributed by atoms with Crippen LogP contribution in [0.15, 0.2) is 18.2 Å². The first-order valence-electron chi connectivity index (χ1n) is 5.90. The number of nitrogens with zero attached hydrogens (tertiary/aromatic N) is 2. The van der Waals surface area contributed by atoms with E-state index in [2.05, 4.69) is 5.10 Å². The van der Waals surface area contributed by atoms with Gasteiger partial charge < -0.3 is 0 Å². The van der Waals surface area contributed by atoms with Gasteiger partial charge in [0.25, 0.3) is 10.0 Å². The Labute approximate surface area is 128 Å². The third-order valence-corrected chi connectivity index (χ3v) is 4.82. The fraction of sp³-hybridized carbons (Fsp3) is 0.308. The zero-order valence-electron chi connectivity index (χ0n) is 11.3. The van der Waals surface area contributed by atoms with Crippen molar-refractivity contribution in [2.75, 3.05) is 6.26 Å². The number of aryl methyl sites for hydroxylation is 1. The molecule has 20 heavy (non-hydrogen) atoms. The Morgan fingerprint density at radius 1 is 1.15 bits per heavy atom. The Morgan fingerprint density at radius 3 is 2.15 bits per heavy atom. The molecule has 2 rings (SSSR count). The third-order valence-electron chi connectivity index (χ3n) is 3.13. The SMILES string of the molecule is Cc1nn(S(C)(=O)=O)c(C)c1Cc1c(Cl)cccc1Cl. The van der Waals surface area contributed by atoms with Crippen LogP contribution in [0.1, 0.15) is 22.5 Å². The van der Waals surface area contributed by atoms with Crippen molar-refractivity contribution < 1.29 is 8.42 Å². The molecule has 0 spiro atoms. The van der Waals surface area contributed by atoms with Gasteiger partial charge >= 0.3 is 0 Å². The summed E-state index contributed by atoms with van der Waals surface area (Å²) in [6, 6.07) is 5.29. The monoisotopic (exact) mass is 332 g/mol. The predicted molar refractivity (Wildman–Crippen MR) is 81.2 cm³/mol. The number of halogens is 2. The van der Waals surface area contributed by atoms with E-state index in [1.54, 1.807) is 32.0 Å². The second-order valence-electron chi connectivity index (χ2n) is 4.63. The van der Waals surface area contributed by atoms with E-state index in [4.69, 9.17) is 23.2 Å². The molecule has 2 aromatic rings. The van der Waals surface area contributed by atoms with Gasteiger partial charge in [0, 0.05) is 22.0 Å². The lowest BCUT2D eigenvalue weighted by Gasteiger charge is -2.07. The van der Waals surface area contributed by atoms with Gasteiger partial charge in [0.2, 0.25) is 0 Å². The largest absolute Gasteiger partial charge is 0.251 e. The minimum absolute atomic E-state index is 0.450. The van der Waals surface area contributed by atoms with Crippen LogP contribution in [0.5, 0.6) is 0 Å². The summed E-state index contributed by atoms with van der Waals surface area (Å²) in [7, 11) is -3.41. The fourth-order valence-electron chi connectivity index (χ4n) is 2.11. The summed E-state index contributed by atoms with van der Waals surface area (Å²) in [5.41, 5.74) is 2.84. The zero-order valence-corrected chi connectivity index (χ0v) is 13.6. The Morgan fingerprint density at radius 2 is 1.70 bits per heavy atom. The van der Waals surface area contributed by atoms with Crippen LogP contribution in [0, 0.1) is 13.8 Å². The highest BCUT2D eigenvalue weighted by atomic mass is 35.5. The number of hydrogen-bond acceptors (Lipinski definition) is 3. The van der Waals surface area contributed by atoms with Crippen molar-refractivity contribution in [3.05, 3.63) is 50.8 Å². The van der Waals surface area contributed by atoms with E-state index in [0.717, 1.165) is 21.5 Å². The molecule has 0 unspecified atom stereocenters. The van der Waals surface area contributed by atoms with Gasteiger partial charge in [-0.2, -0.15) is 9.19 Å². The van der Waals surface area contributed by atoms with Crippen LogP contribution in [0.2, 0.25) is 10.0 Å². The van der Waals surface area contributed by atoms with Crippen LogP contribution >= 0.6 is 23.2 Å². The molecule has 0 saturated carbocycles. The fourth-order valence-corrected chi connectivity index (χ4v) is 3.52. The summed E-state index contributed by atoms with van der Waals surface area (Å²) in [5.74, 6) is 0. The molecule has 1 aromatic carbocycles. The normalized spacial score (nSPS) is 11.8. The van der Waals surface area contributed by atoms with Crippen LogP contribution in [-0.4, -0.2) is 23.9 Å². The van der Waals surface area contributed by atoms with Crippen molar-refractivity contribution in [1.82, 2.24) is 9.19 Å². The van der Waals surface area contributed by atoms with E-state index < -0.39 is 10.0 Å². The highest BCUT2D eigenvalue weighted by Gasteiger charge is 2.19. The summed E-state index contributed by atoms with van der Waals surface area (Å²) in [4.78, 5) is 0. The maximum atomic E-state index is 11.7. The van der Waals surface area contributed by atoms with Crippen LogP contribution in [0.3, 0.4) is 0 Å². The molecule has 1 heterocycles. The first-order chi connectivity index (χ1) is 9.21. The Kier molecular flexibility index (Phi) is 4.14. The second-order valence-corrected chi connectivity index (χ2v) is 7.26. The smallest absolute Gasteiger partial charge is 0.205 e. The van der Waals surface area contributed by atoms with Crippen LogP contribution in [0.25, 0.3) is 0 Å². The molecule has 0 bridgehead atoms. The van der Waals surface area contributed by atoms with Crippen LogP contribution in [-0.2, 0) is 16.4 Å². The molecule has 0 amide bonds. The highest BCUT2D eigenvalue weighted by molar-refractivity contribution is 7.89. The molecular weight excluding hydrogens is 319 g/mol. The van der Waals surface area contributed by atoms with E-state index in [1.807, 2.05) is 0 Å². The predicted octanol–water partition coefficient (Wildman–Crippen LogP) is 3.21. The minimum Gasteiger partial charge on any atom is -0.205 e. The first-order valence-corrected chi connectivity index (χ1v) is 8.50. The molecule has 0 aliphatic carbocycles. The molecule has 0 fully saturated rings. The molecule has 0 atom stereocenters. The van der Waals surface area contributed by atoms with Gasteiger partial charge in [-0.05, 0) is 31.5 Å². The standard InChI is InChI=1S/C13H14Cl2N2O2S/c1-8-10(9(2)17(16-8)20(3,18)19)7-11-12(14)5-4-6-13(11)15/h4-6H,7H2,1-3H3. The van der Waals surface area contributed by atoms with Crippen molar-refractivity contribution in [2.24, 2.45) is 0 Å². The molecule has 1 aromatic heterocycles. The van der Waals surface area contributed by atoms with E-state index in [0.29, 0.717) is 27.9 Å². The molecule has 0 radical (unpaired) electrons. The van der Waals surface area contributed by atoms with E-state index in [1.165, 1.54) is 0 Å². The van der Waals surface area contributed by atoms with E-state index in [-0.39, 0.29) is 0 Å². The Hall–Kier alpha value is -1.04. The zero-order chi connectivity index (χ0) is 15.1.